The fourth-order valence-corrected chi connectivity index (χ4v) is 3.31. The normalized spacial score (nSPS) is 17.2. The zero-order chi connectivity index (χ0) is 14.8. The van der Waals surface area contributed by atoms with Crippen molar-refractivity contribution in [3.8, 4) is 5.75 Å². The van der Waals surface area contributed by atoms with E-state index in [0.29, 0.717) is 10.0 Å². The number of benzene rings is 2. The number of methoxy groups -OCH3 is 1. The van der Waals surface area contributed by atoms with Gasteiger partial charge in [0.1, 0.15) is 5.75 Å². The number of ether oxygens (including phenoxy) is 1. The largest absolute Gasteiger partial charge is 0.497 e. The van der Waals surface area contributed by atoms with E-state index >= 15 is 0 Å². The quantitative estimate of drug-likeness (QED) is 0.806. The highest BCUT2D eigenvalue weighted by Gasteiger charge is 2.21. The second-order valence-corrected chi connectivity index (χ2v) is 6.12. The second-order valence-electron chi connectivity index (χ2n) is 5.28. The van der Waals surface area contributed by atoms with Crippen molar-refractivity contribution >= 4 is 28.9 Å². The van der Waals surface area contributed by atoms with Crippen LogP contribution in [0, 0.1) is 0 Å². The molecule has 0 aliphatic heterocycles. The Morgan fingerprint density at radius 2 is 2.00 bits per heavy atom. The molecule has 0 radical (unpaired) electrons. The van der Waals surface area contributed by atoms with Gasteiger partial charge in [0.05, 0.1) is 23.9 Å². The molecule has 0 amide bonds. The first-order valence-electron chi connectivity index (χ1n) is 7.06. The zero-order valence-electron chi connectivity index (χ0n) is 11.8. The summed E-state index contributed by atoms with van der Waals surface area (Å²) in [5.74, 6) is 0.893. The molecule has 4 heteroatoms. The van der Waals surface area contributed by atoms with Gasteiger partial charge in [0.25, 0.3) is 0 Å². The highest BCUT2D eigenvalue weighted by Crippen LogP contribution is 2.36. The third-order valence-corrected chi connectivity index (χ3v) is 4.48. The van der Waals surface area contributed by atoms with Gasteiger partial charge in [0, 0.05) is 5.02 Å². The van der Waals surface area contributed by atoms with E-state index in [0.717, 1.165) is 24.3 Å². The Balaban J connectivity index is 1.90. The minimum absolute atomic E-state index is 0.252. The molecule has 0 spiro atoms. The predicted octanol–water partition coefficient (Wildman–Crippen LogP) is 5.49. The van der Waals surface area contributed by atoms with Crippen LogP contribution in [-0.2, 0) is 6.42 Å². The summed E-state index contributed by atoms with van der Waals surface area (Å²) in [6, 6.07) is 12.1. The van der Waals surface area contributed by atoms with Crippen LogP contribution in [-0.4, -0.2) is 7.11 Å². The van der Waals surface area contributed by atoms with E-state index in [4.69, 9.17) is 27.9 Å². The van der Waals surface area contributed by atoms with Gasteiger partial charge < -0.3 is 10.1 Å². The van der Waals surface area contributed by atoms with Crippen LogP contribution in [0.1, 0.15) is 30.0 Å². The van der Waals surface area contributed by atoms with Crippen molar-refractivity contribution in [3.63, 3.8) is 0 Å². The maximum atomic E-state index is 6.26. The zero-order valence-corrected chi connectivity index (χ0v) is 13.3. The maximum absolute atomic E-state index is 6.26. The summed E-state index contributed by atoms with van der Waals surface area (Å²) < 4.78 is 5.35. The molecule has 3 rings (SSSR count). The topological polar surface area (TPSA) is 21.3 Å². The van der Waals surface area contributed by atoms with Gasteiger partial charge in [-0.2, -0.15) is 0 Å². The Morgan fingerprint density at radius 1 is 1.14 bits per heavy atom. The van der Waals surface area contributed by atoms with Crippen LogP contribution in [0.4, 0.5) is 5.69 Å². The molecule has 110 valence electrons. The molecule has 1 aliphatic carbocycles. The van der Waals surface area contributed by atoms with Crippen LogP contribution in [0.2, 0.25) is 10.0 Å². The lowest BCUT2D eigenvalue weighted by Crippen LogP contribution is -2.17. The first kappa shape index (κ1) is 14.6. The lowest BCUT2D eigenvalue weighted by molar-refractivity contribution is 0.413. The van der Waals surface area contributed by atoms with E-state index in [9.17, 15) is 0 Å². The van der Waals surface area contributed by atoms with Crippen molar-refractivity contribution in [3.05, 3.63) is 57.6 Å². The Bertz CT molecular complexity index is 657. The predicted molar refractivity (Wildman–Crippen MR) is 88.8 cm³/mol. The fourth-order valence-electron chi connectivity index (χ4n) is 2.85. The Kier molecular flexibility index (Phi) is 4.27. The van der Waals surface area contributed by atoms with Crippen LogP contribution < -0.4 is 10.1 Å². The summed E-state index contributed by atoms with van der Waals surface area (Å²) >= 11 is 12.2. The van der Waals surface area contributed by atoms with E-state index in [-0.39, 0.29) is 6.04 Å². The Labute approximate surface area is 135 Å². The molecule has 1 atom stereocenters. The van der Waals surface area contributed by atoms with Crippen molar-refractivity contribution < 1.29 is 4.74 Å². The molecule has 0 aromatic heterocycles. The van der Waals surface area contributed by atoms with E-state index in [2.05, 4.69) is 17.4 Å². The molecule has 0 saturated carbocycles. The van der Waals surface area contributed by atoms with E-state index in [1.807, 2.05) is 18.2 Å². The molecule has 0 fully saturated rings. The van der Waals surface area contributed by atoms with Gasteiger partial charge in [-0.1, -0.05) is 29.3 Å². The van der Waals surface area contributed by atoms with Crippen LogP contribution in [0.3, 0.4) is 0 Å². The van der Waals surface area contributed by atoms with E-state index in [1.54, 1.807) is 13.2 Å². The van der Waals surface area contributed by atoms with Gasteiger partial charge in [0.2, 0.25) is 0 Å². The van der Waals surface area contributed by atoms with Crippen LogP contribution >= 0.6 is 23.2 Å². The van der Waals surface area contributed by atoms with Gasteiger partial charge >= 0.3 is 0 Å². The summed E-state index contributed by atoms with van der Waals surface area (Å²) in [5, 5.41) is 4.84. The molecule has 1 unspecified atom stereocenters. The van der Waals surface area contributed by atoms with E-state index in [1.165, 1.54) is 17.5 Å². The molecule has 1 N–H and O–H groups in total. The molecule has 2 aromatic carbocycles. The molecule has 2 aromatic rings. The third-order valence-electron chi connectivity index (χ3n) is 3.93. The van der Waals surface area contributed by atoms with Crippen LogP contribution in [0.5, 0.6) is 5.75 Å². The number of hydrogen-bond donors (Lipinski definition) is 1. The lowest BCUT2D eigenvalue weighted by atomic mass is 9.87. The molecular weight excluding hydrogens is 305 g/mol. The van der Waals surface area contributed by atoms with Crippen molar-refractivity contribution in [1.29, 1.82) is 0 Å². The van der Waals surface area contributed by atoms with Crippen LogP contribution in [0.15, 0.2) is 36.4 Å². The second kappa shape index (κ2) is 6.17. The third kappa shape index (κ3) is 3.12. The number of hydrogen-bond acceptors (Lipinski definition) is 2. The highest BCUT2D eigenvalue weighted by atomic mass is 35.5. The Morgan fingerprint density at radius 3 is 2.76 bits per heavy atom. The minimum Gasteiger partial charge on any atom is -0.497 e. The SMILES string of the molecule is COc1ccc2c(c1)C(Nc1ccc(Cl)cc1Cl)CCC2. The molecule has 21 heavy (non-hydrogen) atoms. The molecule has 0 bridgehead atoms. The van der Waals surface area contributed by atoms with Gasteiger partial charge in [-0.05, 0) is 60.7 Å². The van der Waals surface area contributed by atoms with Gasteiger partial charge in [0.15, 0.2) is 0 Å². The smallest absolute Gasteiger partial charge is 0.119 e. The fraction of sp³-hybridized carbons (Fsp3) is 0.294. The Hall–Kier alpha value is -1.38. The molecule has 0 heterocycles. The summed E-state index contributed by atoms with van der Waals surface area (Å²) in [7, 11) is 1.70. The first-order chi connectivity index (χ1) is 10.2. The standard InChI is InChI=1S/C17H17Cl2NO/c1-21-13-7-5-11-3-2-4-16(14(11)10-13)20-17-8-6-12(18)9-15(17)19/h5-10,16,20H,2-4H2,1H3. The molecular formula is C17H17Cl2NO. The maximum Gasteiger partial charge on any atom is 0.119 e. The molecule has 2 nitrogen and oxygen atoms in total. The number of halogens is 2. The van der Waals surface area contributed by atoms with Crippen molar-refractivity contribution in [2.45, 2.75) is 25.3 Å². The van der Waals surface area contributed by atoms with E-state index < -0.39 is 0 Å². The molecule has 0 saturated heterocycles. The van der Waals surface area contributed by atoms with Crippen molar-refractivity contribution in [2.75, 3.05) is 12.4 Å². The average molecular weight is 322 g/mol. The lowest BCUT2D eigenvalue weighted by Gasteiger charge is -2.28. The number of nitrogens with one attached hydrogen (secondary N) is 1. The number of anilines is 1. The highest BCUT2D eigenvalue weighted by molar-refractivity contribution is 6.36. The summed E-state index contributed by atoms with van der Waals surface area (Å²) in [6.45, 7) is 0. The molecule has 1 aliphatic rings. The average Bonchev–Trinajstić information content (AvgIpc) is 2.50. The summed E-state index contributed by atoms with van der Waals surface area (Å²) in [5.41, 5.74) is 3.60. The number of fused-ring (bicyclic) bond motifs is 1. The van der Waals surface area contributed by atoms with Crippen molar-refractivity contribution in [2.24, 2.45) is 0 Å². The summed E-state index contributed by atoms with van der Waals surface area (Å²) in [4.78, 5) is 0. The van der Waals surface area contributed by atoms with Crippen LogP contribution in [0.25, 0.3) is 0 Å². The summed E-state index contributed by atoms with van der Waals surface area (Å²) in [6.07, 6.45) is 3.37. The monoisotopic (exact) mass is 321 g/mol. The van der Waals surface area contributed by atoms with Crippen molar-refractivity contribution in [1.82, 2.24) is 0 Å². The minimum atomic E-state index is 0.252. The number of aryl methyl sites for hydroxylation is 1. The van der Waals surface area contributed by atoms with Gasteiger partial charge in [-0.25, -0.2) is 0 Å². The van der Waals surface area contributed by atoms with Gasteiger partial charge in [-0.15, -0.1) is 0 Å². The first-order valence-corrected chi connectivity index (χ1v) is 7.81. The number of rotatable bonds is 3. The van der Waals surface area contributed by atoms with Gasteiger partial charge in [-0.3, -0.25) is 0 Å².